The summed E-state index contributed by atoms with van der Waals surface area (Å²) in [6, 6.07) is 3.79. The molecular weight excluding hydrogens is 278 g/mol. The molecule has 1 atom stereocenters. The van der Waals surface area contributed by atoms with Crippen LogP contribution in [0.4, 0.5) is 0 Å². The van der Waals surface area contributed by atoms with Crippen molar-refractivity contribution in [1.29, 1.82) is 0 Å². The van der Waals surface area contributed by atoms with Crippen molar-refractivity contribution in [3.8, 4) is 0 Å². The maximum Gasteiger partial charge on any atom is 0.316 e. The van der Waals surface area contributed by atoms with E-state index in [0.29, 0.717) is 19.4 Å². The number of piperidine rings is 1. The fourth-order valence-electron chi connectivity index (χ4n) is 2.20. The van der Waals surface area contributed by atoms with Crippen LogP contribution < -0.4 is 0 Å². The van der Waals surface area contributed by atoms with E-state index in [1.807, 2.05) is 17.5 Å². The number of thiophene rings is 1. The Hall–Kier alpha value is -1.69. The second-order valence-corrected chi connectivity index (χ2v) is 5.66. The predicted octanol–water partition coefficient (Wildman–Crippen LogP) is 1.27. The van der Waals surface area contributed by atoms with Gasteiger partial charge in [0.15, 0.2) is 5.78 Å². The smallest absolute Gasteiger partial charge is 0.316 e. The number of hydrogen-bond donors (Lipinski definition) is 0. The van der Waals surface area contributed by atoms with E-state index in [9.17, 15) is 14.4 Å². The molecule has 0 aromatic carbocycles. The molecule has 0 N–H and O–H groups in total. The zero-order valence-corrected chi connectivity index (χ0v) is 12.1. The summed E-state index contributed by atoms with van der Waals surface area (Å²) in [6.45, 7) is 2.42. The number of carbonyl (C=O) groups is 3. The van der Waals surface area contributed by atoms with Crippen LogP contribution in [-0.4, -0.2) is 42.3 Å². The molecule has 1 saturated heterocycles. The Balaban J connectivity index is 1.90. The molecule has 1 aromatic rings. The Labute approximate surface area is 121 Å². The average Bonchev–Trinajstić information content (AvgIpc) is 2.91. The maximum atomic E-state index is 12.1. The van der Waals surface area contributed by atoms with E-state index >= 15 is 0 Å². The number of amides is 1. The monoisotopic (exact) mass is 295 g/mol. The van der Waals surface area contributed by atoms with E-state index in [-0.39, 0.29) is 24.8 Å². The van der Waals surface area contributed by atoms with Gasteiger partial charge < -0.3 is 9.64 Å². The molecule has 0 spiro atoms. The molecule has 1 aromatic heterocycles. The van der Waals surface area contributed by atoms with Gasteiger partial charge in [0.1, 0.15) is 5.92 Å². The van der Waals surface area contributed by atoms with Crippen molar-refractivity contribution < 1.29 is 19.1 Å². The van der Waals surface area contributed by atoms with Crippen molar-refractivity contribution in [2.24, 2.45) is 5.92 Å². The lowest BCUT2D eigenvalue weighted by molar-refractivity contribution is -0.155. The van der Waals surface area contributed by atoms with Gasteiger partial charge in [-0.2, -0.15) is 0 Å². The van der Waals surface area contributed by atoms with Gasteiger partial charge in [-0.1, -0.05) is 6.07 Å². The van der Waals surface area contributed by atoms with Gasteiger partial charge in [-0.3, -0.25) is 14.4 Å². The van der Waals surface area contributed by atoms with Gasteiger partial charge in [-0.15, -0.1) is 11.3 Å². The van der Waals surface area contributed by atoms with E-state index in [1.54, 1.807) is 6.92 Å². The molecule has 0 aliphatic carbocycles. The maximum absolute atomic E-state index is 12.1. The summed E-state index contributed by atoms with van der Waals surface area (Å²) in [5, 5.41) is 1.92. The molecule has 6 heteroatoms. The average molecular weight is 295 g/mol. The summed E-state index contributed by atoms with van der Waals surface area (Å²) in [5.41, 5.74) is 0. The molecule has 1 fully saturated rings. The summed E-state index contributed by atoms with van der Waals surface area (Å²) in [7, 11) is 0. The molecule has 1 aliphatic rings. The first-order valence-corrected chi connectivity index (χ1v) is 7.49. The molecule has 1 unspecified atom stereocenters. The number of Topliss-reactive ketones (excluding diaryl/α,β-unsaturated/α-hetero) is 1. The Morgan fingerprint density at radius 2 is 2.30 bits per heavy atom. The van der Waals surface area contributed by atoms with Gasteiger partial charge >= 0.3 is 5.97 Å². The summed E-state index contributed by atoms with van der Waals surface area (Å²) in [6.07, 6.45) is 0.670. The number of likely N-dealkylation sites (tertiary alicyclic amines) is 1. The molecule has 1 aliphatic heterocycles. The highest BCUT2D eigenvalue weighted by Crippen LogP contribution is 2.18. The minimum absolute atomic E-state index is 0.00763. The quantitative estimate of drug-likeness (QED) is 0.620. The van der Waals surface area contributed by atoms with Crippen LogP contribution >= 0.6 is 11.3 Å². The Morgan fingerprint density at radius 3 is 2.90 bits per heavy atom. The van der Waals surface area contributed by atoms with Crippen molar-refractivity contribution in [1.82, 2.24) is 4.90 Å². The highest BCUT2D eigenvalue weighted by atomic mass is 32.1. The van der Waals surface area contributed by atoms with E-state index in [0.717, 1.165) is 4.88 Å². The molecule has 20 heavy (non-hydrogen) atoms. The first kappa shape index (κ1) is 14.7. The third kappa shape index (κ3) is 3.45. The largest absolute Gasteiger partial charge is 0.465 e. The number of esters is 1. The van der Waals surface area contributed by atoms with Gasteiger partial charge in [0.05, 0.1) is 19.6 Å². The first-order valence-electron chi connectivity index (χ1n) is 6.61. The molecule has 108 valence electrons. The summed E-state index contributed by atoms with van der Waals surface area (Å²) < 4.78 is 4.87. The predicted molar refractivity (Wildman–Crippen MR) is 74.4 cm³/mol. The van der Waals surface area contributed by atoms with Crippen LogP contribution in [0.5, 0.6) is 0 Å². The minimum atomic E-state index is -0.708. The number of ether oxygens (including phenoxy) is 1. The molecule has 2 rings (SSSR count). The lowest BCUT2D eigenvalue weighted by atomic mass is 9.95. The van der Waals surface area contributed by atoms with Crippen LogP contribution in [0.3, 0.4) is 0 Å². The Kier molecular flexibility index (Phi) is 4.89. The number of nitrogens with zero attached hydrogens (tertiary/aromatic N) is 1. The highest BCUT2D eigenvalue weighted by Gasteiger charge is 2.35. The van der Waals surface area contributed by atoms with E-state index in [4.69, 9.17) is 4.74 Å². The number of ketones is 1. The summed E-state index contributed by atoms with van der Waals surface area (Å²) in [5.74, 6) is -1.47. The van der Waals surface area contributed by atoms with Crippen molar-refractivity contribution >= 4 is 29.0 Å². The highest BCUT2D eigenvalue weighted by molar-refractivity contribution is 7.10. The third-order valence-corrected chi connectivity index (χ3v) is 4.13. The molecule has 0 radical (unpaired) electrons. The summed E-state index contributed by atoms with van der Waals surface area (Å²) in [4.78, 5) is 38.1. The molecular formula is C14H17NO4S. The van der Waals surface area contributed by atoms with Crippen LogP contribution in [0.15, 0.2) is 17.5 Å². The second kappa shape index (κ2) is 6.65. The fourth-order valence-corrected chi connectivity index (χ4v) is 2.90. The van der Waals surface area contributed by atoms with Crippen molar-refractivity contribution in [3.05, 3.63) is 22.4 Å². The Morgan fingerprint density at radius 1 is 1.50 bits per heavy atom. The SMILES string of the molecule is CCOC(=O)C1CCN(C(=O)Cc2cccs2)CC1=O. The van der Waals surface area contributed by atoms with Gasteiger partial charge in [0.2, 0.25) is 5.91 Å². The van der Waals surface area contributed by atoms with Crippen LogP contribution in [0, 0.1) is 5.92 Å². The van der Waals surface area contributed by atoms with E-state index in [2.05, 4.69) is 0 Å². The molecule has 0 saturated carbocycles. The first-order chi connectivity index (χ1) is 9.61. The fraction of sp³-hybridized carbons (Fsp3) is 0.500. The van der Waals surface area contributed by atoms with E-state index < -0.39 is 11.9 Å². The van der Waals surface area contributed by atoms with Crippen LogP contribution in [0.25, 0.3) is 0 Å². The molecule has 5 nitrogen and oxygen atoms in total. The lowest BCUT2D eigenvalue weighted by Gasteiger charge is -2.29. The minimum Gasteiger partial charge on any atom is -0.465 e. The van der Waals surface area contributed by atoms with E-state index in [1.165, 1.54) is 16.2 Å². The van der Waals surface area contributed by atoms with Crippen LogP contribution in [-0.2, 0) is 25.5 Å². The second-order valence-electron chi connectivity index (χ2n) is 4.63. The zero-order valence-electron chi connectivity index (χ0n) is 11.3. The molecule has 1 amide bonds. The van der Waals surface area contributed by atoms with Crippen molar-refractivity contribution in [2.45, 2.75) is 19.8 Å². The van der Waals surface area contributed by atoms with Gasteiger partial charge in [-0.25, -0.2) is 0 Å². The topological polar surface area (TPSA) is 63.7 Å². The zero-order chi connectivity index (χ0) is 14.5. The normalized spacial score (nSPS) is 18.9. The van der Waals surface area contributed by atoms with Gasteiger partial charge in [0.25, 0.3) is 0 Å². The van der Waals surface area contributed by atoms with Crippen molar-refractivity contribution in [2.75, 3.05) is 19.7 Å². The Bertz CT molecular complexity index is 497. The standard InChI is InChI=1S/C14H17NO4S/c1-2-19-14(18)11-5-6-15(9-12(11)16)13(17)8-10-4-3-7-20-10/h3-4,7,11H,2,5-6,8-9H2,1H3. The lowest BCUT2D eigenvalue weighted by Crippen LogP contribution is -2.47. The van der Waals surface area contributed by atoms with Crippen molar-refractivity contribution in [3.63, 3.8) is 0 Å². The molecule has 0 bridgehead atoms. The summed E-state index contributed by atoms with van der Waals surface area (Å²) >= 11 is 1.52. The number of rotatable bonds is 4. The van der Waals surface area contributed by atoms with Crippen LogP contribution in [0.1, 0.15) is 18.2 Å². The third-order valence-electron chi connectivity index (χ3n) is 3.25. The van der Waals surface area contributed by atoms with Gasteiger partial charge in [0, 0.05) is 11.4 Å². The molecule has 2 heterocycles. The van der Waals surface area contributed by atoms with Gasteiger partial charge in [-0.05, 0) is 24.8 Å². The number of carbonyl (C=O) groups excluding carboxylic acids is 3. The van der Waals surface area contributed by atoms with Crippen LogP contribution in [0.2, 0.25) is 0 Å². The number of hydrogen-bond acceptors (Lipinski definition) is 5.